The number of rotatable bonds is 5. The zero-order chi connectivity index (χ0) is 15.0. The number of aliphatic hydroxyl groups is 1. The van der Waals surface area contributed by atoms with Gasteiger partial charge in [0.1, 0.15) is 18.5 Å². The lowest BCUT2D eigenvalue weighted by Gasteiger charge is -2.41. The molecule has 1 fully saturated rings. The zero-order valence-electron chi connectivity index (χ0n) is 13.7. The lowest BCUT2D eigenvalue weighted by atomic mass is 10.0. The average Bonchev–Trinajstić information content (AvgIpc) is 2.84. The summed E-state index contributed by atoms with van der Waals surface area (Å²) >= 11 is 1.67. The molecule has 2 rings (SSSR count). The molecule has 0 saturated carbocycles. The summed E-state index contributed by atoms with van der Waals surface area (Å²) in [6, 6.07) is 1.97. The van der Waals surface area contributed by atoms with Crippen LogP contribution in [0.1, 0.15) is 45.4 Å². The number of likely N-dealkylation sites (tertiary alicyclic amines) is 1. The number of halogens is 1. The molecule has 5 heteroatoms. The predicted molar refractivity (Wildman–Crippen MR) is 91.9 cm³/mol. The number of β-amino-alcohol motifs (C(OH)–C–C–N with tert-alkyl or cyclic N) is 1. The standard InChI is InChI=1S/C16H27NO2S.ClH/c1-12-14(6-9-20-12)19-11-13(18)10-17-15(2,3)7-8-16(17,4)5;/h6,9,13,18H,7-8,10-11H2,1-5H3;1H. The van der Waals surface area contributed by atoms with Crippen molar-refractivity contribution in [2.75, 3.05) is 13.2 Å². The van der Waals surface area contributed by atoms with Gasteiger partial charge in [-0.15, -0.1) is 23.7 Å². The third kappa shape index (κ3) is 4.35. The van der Waals surface area contributed by atoms with E-state index in [1.165, 1.54) is 17.7 Å². The van der Waals surface area contributed by atoms with Gasteiger partial charge in [0.25, 0.3) is 0 Å². The molecule has 2 heterocycles. The summed E-state index contributed by atoms with van der Waals surface area (Å²) in [7, 11) is 0. The first-order valence-corrected chi connectivity index (χ1v) is 8.23. The van der Waals surface area contributed by atoms with E-state index >= 15 is 0 Å². The van der Waals surface area contributed by atoms with Crippen molar-refractivity contribution in [2.45, 2.75) is 64.6 Å². The fraction of sp³-hybridized carbons (Fsp3) is 0.750. The first kappa shape index (κ1) is 18.8. The maximum atomic E-state index is 10.3. The fourth-order valence-electron chi connectivity index (χ4n) is 3.17. The van der Waals surface area contributed by atoms with Gasteiger partial charge in [0.15, 0.2) is 0 Å². The quantitative estimate of drug-likeness (QED) is 0.887. The molecule has 1 saturated heterocycles. The molecule has 0 aromatic carbocycles. The Hall–Kier alpha value is -0.290. The van der Waals surface area contributed by atoms with E-state index in [2.05, 4.69) is 32.6 Å². The second kappa shape index (κ2) is 6.86. The van der Waals surface area contributed by atoms with E-state index < -0.39 is 6.10 Å². The van der Waals surface area contributed by atoms with Gasteiger partial charge < -0.3 is 9.84 Å². The minimum absolute atomic E-state index is 0. The highest BCUT2D eigenvalue weighted by atomic mass is 35.5. The zero-order valence-corrected chi connectivity index (χ0v) is 15.3. The van der Waals surface area contributed by atoms with Gasteiger partial charge in [-0.05, 0) is 58.9 Å². The Kier molecular flexibility index (Phi) is 6.13. The summed E-state index contributed by atoms with van der Waals surface area (Å²) in [4.78, 5) is 3.59. The van der Waals surface area contributed by atoms with Crippen LogP contribution in [0.3, 0.4) is 0 Å². The highest BCUT2D eigenvalue weighted by molar-refractivity contribution is 7.10. The van der Waals surface area contributed by atoms with Gasteiger partial charge in [0.2, 0.25) is 0 Å². The van der Waals surface area contributed by atoms with Crippen molar-refractivity contribution in [3.8, 4) is 5.75 Å². The molecule has 0 radical (unpaired) electrons. The topological polar surface area (TPSA) is 32.7 Å². The Morgan fingerprint density at radius 2 is 1.86 bits per heavy atom. The lowest BCUT2D eigenvalue weighted by molar-refractivity contribution is 0.00529. The van der Waals surface area contributed by atoms with Crippen LogP contribution in [0.25, 0.3) is 0 Å². The molecule has 0 aliphatic carbocycles. The average molecular weight is 334 g/mol. The van der Waals surface area contributed by atoms with Gasteiger partial charge >= 0.3 is 0 Å². The molecule has 1 N–H and O–H groups in total. The van der Waals surface area contributed by atoms with Crippen LogP contribution in [0, 0.1) is 6.92 Å². The molecule has 1 aromatic heterocycles. The smallest absolute Gasteiger partial charge is 0.133 e. The maximum absolute atomic E-state index is 10.3. The second-order valence-electron chi connectivity index (χ2n) is 7.04. The van der Waals surface area contributed by atoms with E-state index in [1.807, 2.05) is 18.4 Å². The van der Waals surface area contributed by atoms with Crippen LogP contribution < -0.4 is 4.74 Å². The number of thiophene rings is 1. The number of aliphatic hydroxyl groups excluding tert-OH is 1. The Bertz CT molecular complexity index is 443. The van der Waals surface area contributed by atoms with Crippen molar-refractivity contribution >= 4 is 23.7 Å². The molecule has 1 unspecified atom stereocenters. The van der Waals surface area contributed by atoms with E-state index in [-0.39, 0.29) is 23.5 Å². The van der Waals surface area contributed by atoms with E-state index in [0.29, 0.717) is 13.2 Å². The number of nitrogens with zero attached hydrogens (tertiary/aromatic N) is 1. The first-order chi connectivity index (χ1) is 9.22. The molecule has 0 spiro atoms. The summed E-state index contributed by atoms with van der Waals surface area (Å²) in [5, 5.41) is 12.3. The van der Waals surface area contributed by atoms with E-state index in [1.54, 1.807) is 11.3 Å². The van der Waals surface area contributed by atoms with E-state index in [0.717, 1.165) is 5.75 Å². The fourth-order valence-corrected chi connectivity index (χ4v) is 3.81. The van der Waals surface area contributed by atoms with Crippen LogP contribution >= 0.6 is 23.7 Å². The maximum Gasteiger partial charge on any atom is 0.133 e. The van der Waals surface area contributed by atoms with E-state index in [9.17, 15) is 5.11 Å². The largest absolute Gasteiger partial charge is 0.490 e. The van der Waals surface area contributed by atoms with Gasteiger partial charge in [-0.3, -0.25) is 4.90 Å². The van der Waals surface area contributed by atoms with E-state index in [4.69, 9.17) is 4.74 Å². The summed E-state index contributed by atoms with van der Waals surface area (Å²) in [6.45, 7) is 12.1. The molecule has 1 aliphatic rings. The van der Waals surface area contributed by atoms with Gasteiger partial charge in [0.05, 0.1) is 0 Å². The molecule has 1 aromatic rings. The molecule has 0 amide bonds. The van der Waals surface area contributed by atoms with Crippen LogP contribution in [-0.2, 0) is 0 Å². The Labute approximate surface area is 138 Å². The molecule has 1 aliphatic heterocycles. The summed E-state index contributed by atoms with van der Waals surface area (Å²) < 4.78 is 5.72. The SMILES string of the molecule is Cc1sccc1OCC(O)CN1C(C)(C)CCC1(C)C.Cl. The summed E-state index contributed by atoms with van der Waals surface area (Å²) in [5.41, 5.74) is 0.311. The molecular weight excluding hydrogens is 306 g/mol. The monoisotopic (exact) mass is 333 g/mol. The van der Waals surface area contributed by atoms with Gasteiger partial charge in [-0.1, -0.05) is 0 Å². The molecule has 1 atom stereocenters. The third-order valence-electron chi connectivity index (χ3n) is 4.45. The van der Waals surface area contributed by atoms with Crippen LogP contribution in [0.4, 0.5) is 0 Å². The Balaban J connectivity index is 0.00000220. The Morgan fingerprint density at radius 3 is 2.33 bits per heavy atom. The van der Waals surface area contributed by atoms with Crippen LogP contribution in [0.2, 0.25) is 0 Å². The normalized spacial score (nSPS) is 21.8. The van der Waals surface area contributed by atoms with Gasteiger partial charge in [0, 0.05) is 22.5 Å². The highest BCUT2D eigenvalue weighted by Crippen LogP contribution is 2.40. The Morgan fingerprint density at radius 1 is 1.29 bits per heavy atom. The van der Waals surface area contributed by atoms with Gasteiger partial charge in [-0.25, -0.2) is 0 Å². The van der Waals surface area contributed by atoms with Crippen molar-refractivity contribution in [1.82, 2.24) is 4.90 Å². The lowest BCUT2D eigenvalue weighted by Crippen LogP contribution is -2.52. The van der Waals surface area contributed by atoms with Crippen molar-refractivity contribution in [1.29, 1.82) is 0 Å². The molecule has 122 valence electrons. The van der Waals surface area contributed by atoms with Crippen LogP contribution in [0.5, 0.6) is 5.75 Å². The van der Waals surface area contributed by atoms with Crippen molar-refractivity contribution in [2.24, 2.45) is 0 Å². The van der Waals surface area contributed by atoms with Crippen molar-refractivity contribution in [3.05, 3.63) is 16.3 Å². The number of hydrogen-bond donors (Lipinski definition) is 1. The number of aryl methyl sites for hydroxylation is 1. The number of ether oxygens (including phenoxy) is 1. The molecular formula is C16H28ClNO2S. The summed E-state index contributed by atoms with van der Waals surface area (Å²) in [6.07, 6.45) is 1.90. The molecule has 0 bridgehead atoms. The van der Waals surface area contributed by atoms with Crippen molar-refractivity contribution < 1.29 is 9.84 Å². The molecule has 21 heavy (non-hydrogen) atoms. The van der Waals surface area contributed by atoms with Crippen LogP contribution in [-0.4, -0.2) is 40.3 Å². The highest BCUT2D eigenvalue weighted by Gasteiger charge is 2.44. The minimum Gasteiger partial charge on any atom is -0.490 e. The number of hydrogen-bond acceptors (Lipinski definition) is 4. The summed E-state index contributed by atoms with van der Waals surface area (Å²) in [5.74, 6) is 0.897. The molecule has 3 nitrogen and oxygen atoms in total. The third-order valence-corrected chi connectivity index (χ3v) is 5.27. The first-order valence-electron chi connectivity index (χ1n) is 7.35. The second-order valence-corrected chi connectivity index (χ2v) is 8.16. The predicted octanol–water partition coefficient (Wildman–Crippen LogP) is 3.87. The minimum atomic E-state index is -0.453. The van der Waals surface area contributed by atoms with Crippen molar-refractivity contribution in [3.63, 3.8) is 0 Å². The van der Waals surface area contributed by atoms with Crippen LogP contribution in [0.15, 0.2) is 11.4 Å². The van der Waals surface area contributed by atoms with Gasteiger partial charge in [-0.2, -0.15) is 0 Å².